The topological polar surface area (TPSA) is 72.9 Å². The van der Waals surface area contributed by atoms with Gasteiger partial charge in [-0.2, -0.15) is 0 Å². The number of urea groups is 1. The number of hydrogen-bond donors (Lipinski definition) is 0. The molecule has 3 fully saturated rings. The maximum absolute atomic E-state index is 13.9. The van der Waals surface area contributed by atoms with Gasteiger partial charge in [-0.05, 0) is 80.6 Å². The summed E-state index contributed by atoms with van der Waals surface area (Å²) in [5.74, 6) is 0.505. The molecule has 3 saturated heterocycles. The molecule has 6 rings (SSSR count). The minimum absolute atomic E-state index is 0.109. The Hall–Kier alpha value is -3.78. The van der Waals surface area contributed by atoms with Crippen molar-refractivity contribution in [3.63, 3.8) is 0 Å². The highest BCUT2D eigenvalue weighted by Gasteiger charge is 2.57. The van der Waals surface area contributed by atoms with Crippen LogP contribution in [0.4, 0.5) is 16.2 Å². The molecular formula is C30H34N6O2. The molecule has 1 aromatic heterocycles. The lowest BCUT2D eigenvalue weighted by atomic mass is 9.85. The van der Waals surface area contributed by atoms with Crippen molar-refractivity contribution in [2.24, 2.45) is 0 Å². The first-order valence-corrected chi connectivity index (χ1v) is 13.7. The van der Waals surface area contributed by atoms with Crippen LogP contribution in [0.3, 0.4) is 0 Å². The number of aromatic nitrogens is 2. The molecule has 0 radical (unpaired) electrons. The van der Waals surface area contributed by atoms with Crippen molar-refractivity contribution in [3.05, 3.63) is 72.6 Å². The predicted octanol–water partition coefficient (Wildman–Crippen LogP) is 4.57. The first-order valence-electron chi connectivity index (χ1n) is 13.7. The minimum Gasteiger partial charge on any atom is -0.372 e. The van der Waals surface area contributed by atoms with Crippen molar-refractivity contribution in [2.75, 3.05) is 42.5 Å². The van der Waals surface area contributed by atoms with Gasteiger partial charge in [-0.1, -0.05) is 12.1 Å². The summed E-state index contributed by atoms with van der Waals surface area (Å²) in [6.07, 6.45) is 7.23. The van der Waals surface area contributed by atoms with Crippen molar-refractivity contribution < 1.29 is 9.59 Å². The average molecular weight is 511 g/mol. The number of rotatable bonds is 6. The smallest absolute Gasteiger partial charge is 0.332 e. The lowest BCUT2D eigenvalue weighted by Gasteiger charge is -2.41. The molecule has 2 aromatic carbocycles. The van der Waals surface area contributed by atoms with E-state index in [4.69, 9.17) is 0 Å². The molecule has 8 nitrogen and oxygen atoms in total. The Morgan fingerprint density at radius 1 is 0.816 bits per heavy atom. The van der Waals surface area contributed by atoms with Gasteiger partial charge in [0.2, 0.25) is 0 Å². The Balaban J connectivity index is 1.14. The molecule has 38 heavy (non-hydrogen) atoms. The minimum atomic E-state index is -0.775. The van der Waals surface area contributed by atoms with Gasteiger partial charge in [-0.3, -0.25) is 9.69 Å². The van der Waals surface area contributed by atoms with Crippen LogP contribution in [0.1, 0.15) is 38.2 Å². The number of piperidine rings is 1. The third kappa shape index (κ3) is 4.32. The Morgan fingerprint density at radius 2 is 1.45 bits per heavy atom. The molecule has 4 heterocycles. The second-order valence-corrected chi connectivity index (χ2v) is 10.5. The third-order valence-electron chi connectivity index (χ3n) is 8.30. The van der Waals surface area contributed by atoms with Gasteiger partial charge in [0.1, 0.15) is 5.54 Å². The van der Waals surface area contributed by atoms with Crippen LogP contribution in [0.15, 0.2) is 67.0 Å². The molecule has 3 aliphatic rings. The predicted molar refractivity (Wildman–Crippen MR) is 148 cm³/mol. The molecular weight excluding hydrogens is 476 g/mol. The highest BCUT2D eigenvalue weighted by atomic mass is 16.2. The summed E-state index contributed by atoms with van der Waals surface area (Å²) >= 11 is 0. The normalized spacial score (nSPS) is 19.7. The molecule has 0 N–H and O–H groups in total. The number of hydrogen-bond acceptors (Lipinski definition) is 6. The standard InChI is InChI=1S/C30H34N6O2/c1-2-35-29(38)36(26-12-8-24(9-13-26)27-31-16-5-17-32-27)28(37)30(35)14-20-33(21-15-30)22-23-6-10-25(11-7-23)34-18-3-4-19-34/h5-13,16-17H,2-4,14-15,18-22H2,1H3. The first-order chi connectivity index (χ1) is 18.6. The molecule has 3 amide bonds. The molecule has 0 unspecified atom stereocenters. The maximum atomic E-state index is 13.9. The lowest BCUT2D eigenvalue weighted by Crippen LogP contribution is -2.56. The van der Waals surface area contributed by atoms with Gasteiger partial charge in [0.25, 0.3) is 5.91 Å². The van der Waals surface area contributed by atoms with Crippen molar-refractivity contribution in [3.8, 4) is 11.4 Å². The molecule has 196 valence electrons. The van der Waals surface area contributed by atoms with Crippen LogP contribution < -0.4 is 9.80 Å². The van der Waals surface area contributed by atoms with E-state index in [-0.39, 0.29) is 11.9 Å². The average Bonchev–Trinajstić information content (AvgIpc) is 3.57. The van der Waals surface area contributed by atoms with Gasteiger partial charge in [0, 0.05) is 62.9 Å². The molecule has 0 atom stereocenters. The summed E-state index contributed by atoms with van der Waals surface area (Å²) in [6, 6.07) is 17.8. The van der Waals surface area contributed by atoms with Gasteiger partial charge >= 0.3 is 6.03 Å². The van der Waals surface area contributed by atoms with E-state index in [0.717, 1.165) is 38.3 Å². The Kier molecular flexibility index (Phi) is 6.57. The Morgan fingerprint density at radius 3 is 2.08 bits per heavy atom. The second kappa shape index (κ2) is 10.2. The Bertz CT molecular complexity index is 1280. The fourth-order valence-electron chi connectivity index (χ4n) is 6.20. The van der Waals surface area contributed by atoms with E-state index < -0.39 is 5.54 Å². The van der Waals surface area contributed by atoms with Crippen LogP contribution in [0, 0.1) is 0 Å². The van der Waals surface area contributed by atoms with Gasteiger partial charge < -0.3 is 9.80 Å². The highest BCUT2D eigenvalue weighted by Crippen LogP contribution is 2.40. The summed E-state index contributed by atoms with van der Waals surface area (Å²) in [4.78, 5) is 43.9. The van der Waals surface area contributed by atoms with Crippen molar-refractivity contribution in [1.82, 2.24) is 19.8 Å². The van der Waals surface area contributed by atoms with E-state index in [9.17, 15) is 9.59 Å². The maximum Gasteiger partial charge on any atom is 0.332 e. The molecule has 3 aromatic rings. The molecule has 8 heteroatoms. The Labute approximate surface area is 223 Å². The zero-order chi connectivity index (χ0) is 26.1. The number of benzene rings is 2. The van der Waals surface area contributed by atoms with Crippen LogP contribution in [-0.4, -0.2) is 70.0 Å². The van der Waals surface area contributed by atoms with E-state index in [2.05, 4.69) is 44.0 Å². The number of nitrogens with zero attached hydrogens (tertiary/aromatic N) is 6. The monoisotopic (exact) mass is 510 g/mol. The zero-order valence-corrected chi connectivity index (χ0v) is 21.9. The van der Waals surface area contributed by atoms with Crippen molar-refractivity contribution in [2.45, 2.75) is 44.7 Å². The molecule has 0 saturated carbocycles. The number of carbonyl (C=O) groups is 2. The molecule has 1 spiro atoms. The summed E-state index contributed by atoms with van der Waals surface area (Å²) in [6.45, 7) is 7.18. The summed E-state index contributed by atoms with van der Waals surface area (Å²) in [5.41, 5.74) is 3.26. The number of likely N-dealkylation sites (tertiary alicyclic amines) is 1. The van der Waals surface area contributed by atoms with E-state index in [0.29, 0.717) is 30.9 Å². The fourth-order valence-corrected chi connectivity index (χ4v) is 6.20. The molecule has 0 bridgehead atoms. The van der Waals surface area contributed by atoms with Crippen LogP contribution in [0.2, 0.25) is 0 Å². The number of likely N-dealkylation sites (N-methyl/N-ethyl adjacent to an activating group) is 1. The summed E-state index contributed by atoms with van der Waals surface area (Å²) < 4.78 is 0. The summed E-state index contributed by atoms with van der Waals surface area (Å²) in [5, 5.41) is 0. The van der Waals surface area contributed by atoms with Crippen LogP contribution >= 0.6 is 0 Å². The number of amides is 3. The number of imide groups is 1. The van der Waals surface area contributed by atoms with Gasteiger partial charge in [0.05, 0.1) is 5.69 Å². The fraction of sp³-hybridized carbons (Fsp3) is 0.400. The molecule has 0 aliphatic carbocycles. The van der Waals surface area contributed by atoms with Crippen molar-refractivity contribution in [1.29, 1.82) is 0 Å². The van der Waals surface area contributed by atoms with Crippen LogP contribution in [0.25, 0.3) is 11.4 Å². The molecule has 3 aliphatic heterocycles. The van der Waals surface area contributed by atoms with E-state index >= 15 is 0 Å². The third-order valence-corrected chi connectivity index (χ3v) is 8.30. The van der Waals surface area contributed by atoms with E-state index in [1.54, 1.807) is 23.4 Å². The van der Waals surface area contributed by atoms with E-state index in [1.165, 1.54) is 29.0 Å². The van der Waals surface area contributed by atoms with Crippen LogP contribution in [-0.2, 0) is 11.3 Å². The highest BCUT2D eigenvalue weighted by molar-refractivity contribution is 6.23. The van der Waals surface area contributed by atoms with Gasteiger partial charge in [-0.15, -0.1) is 0 Å². The lowest BCUT2D eigenvalue weighted by molar-refractivity contribution is -0.127. The van der Waals surface area contributed by atoms with Crippen LogP contribution in [0.5, 0.6) is 0 Å². The zero-order valence-electron chi connectivity index (χ0n) is 21.9. The SMILES string of the molecule is CCN1C(=O)N(c2ccc(-c3ncccn3)cc2)C(=O)C12CCN(Cc1ccc(N3CCCC3)cc1)CC2. The van der Waals surface area contributed by atoms with E-state index in [1.807, 2.05) is 31.2 Å². The quantitative estimate of drug-likeness (QED) is 0.453. The second-order valence-electron chi connectivity index (χ2n) is 10.5. The summed E-state index contributed by atoms with van der Waals surface area (Å²) in [7, 11) is 0. The largest absolute Gasteiger partial charge is 0.372 e. The number of carbonyl (C=O) groups excluding carboxylic acids is 2. The van der Waals surface area contributed by atoms with Gasteiger partial charge in [-0.25, -0.2) is 19.7 Å². The van der Waals surface area contributed by atoms with Crippen molar-refractivity contribution >= 4 is 23.3 Å². The number of anilines is 2. The first kappa shape index (κ1) is 24.6. The van der Waals surface area contributed by atoms with Gasteiger partial charge in [0.15, 0.2) is 5.82 Å².